The lowest BCUT2D eigenvalue weighted by molar-refractivity contribution is 0.593. The molecule has 1 N–H and O–H groups in total. The molecule has 6 heteroatoms. The third-order valence-corrected chi connectivity index (χ3v) is 5.12. The zero-order valence-corrected chi connectivity index (χ0v) is 17.0. The van der Waals surface area contributed by atoms with Gasteiger partial charge in [-0.25, -0.2) is 4.39 Å². The van der Waals surface area contributed by atoms with Crippen LogP contribution in [0.15, 0.2) is 58.6 Å². The molecule has 0 saturated carbocycles. The third kappa shape index (κ3) is 3.92. The lowest BCUT2D eigenvalue weighted by Crippen LogP contribution is -2.40. The Morgan fingerprint density at radius 1 is 1.03 bits per heavy atom. The minimum atomic E-state index is -0.524. The molecule has 0 aliphatic rings. The maximum absolute atomic E-state index is 13.1. The Morgan fingerprint density at radius 3 is 2.31 bits per heavy atom. The fourth-order valence-corrected chi connectivity index (χ4v) is 3.21. The van der Waals surface area contributed by atoms with E-state index in [0.717, 1.165) is 28.2 Å². The topological polar surface area (TPSA) is 52.7 Å². The molecule has 0 aliphatic heterocycles. The molecule has 0 radical (unpaired) electrons. The summed E-state index contributed by atoms with van der Waals surface area (Å²) in [6.45, 7) is 6.29. The summed E-state index contributed by atoms with van der Waals surface area (Å²) in [5.74, 6) is -0.326. The van der Waals surface area contributed by atoms with Crippen LogP contribution in [0, 0.1) is 12.7 Å². The van der Waals surface area contributed by atoms with E-state index >= 15 is 0 Å². The van der Waals surface area contributed by atoms with Gasteiger partial charge in [-0.15, -0.1) is 0 Å². The molecule has 3 aromatic rings. The Kier molecular flexibility index (Phi) is 5.55. The van der Waals surface area contributed by atoms with Crippen molar-refractivity contribution in [3.05, 3.63) is 92.0 Å². The van der Waals surface area contributed by atoms with Gasteiger partial charge in [-0.1, -0.05) is 18.7 Å². The van der Waals surface area contributed by atoms with Gasteiger partial charge < -0.3 is 15.1 Å². The molecule has 0 aliphatic carbocycles. The zero-order valence-electron chi connectivity index (χ0n) is 17.0. The lowest BCUT2D eigenvalue weighted by atomic mass is 10.0. The largest absolute Gasteiger partial charge is 0.378 e. The first-order valence-corrected chi connectivity index (χ1v) is 9.22. The number of rotatable bonds is 7. The minimum absolute atomic E-state index is 0.252. The predicted octanol–water partition coefficient (Wildman–Crippen LogP) is 3.64. The standard InChI is InChI=1S/C23H24FN3O2/c1-14-18(15(2)26(3)4)7-6-8-20(14)25-21-19(22(28)23(21)29)13-27(5)17-11-9-16(24)10-12-17/h6-12,25H,2,13H2,1,3-5H3. The molecule has 0 aromatic heterocycles. The lowest BCUT2D eigenvalue weighted by Gasteiger charge is -2.23. The smallest absolute Gasteiger partial charge is 0.249 e. The van der Waals surface area contributed by atoms with Crippen molar-refractivity contribution in [1.29, 1.82) is 0 Å². The summed E-state index contributed by atoms with van der Waals surface area (Å²) in [5.41, 5.74) is 3.97. The van der Waals surface area contributed by atoms with E-state index in [1.807, 2.05) is 44.1 Å². The number of anilines is 3. The van der Waals surface area contributed by atoms with Crippen molar-refractivity contribution in [3.63, 3.8) is 0 Å². The quantitative estimate of drug-likeness (QED) is 0.621. The van der Waals surface area contributed by atoms with Crippen LogP contribution in [-0.4, -0.2) is 26.0 Å². The van der Waals surface area contributed by atoms with Gasteiger partial charge in [-0.3, -0.25) is 9.59 Å². The van der Waals surface area contributed by atoms with Crippen molar-refractivity contribution in [2.75, 3.05) is 31.4 Å². The Labute approximate surface area is 169 Å². The van der Waals surface area contributed by atoms with Gasteiger partial charge in [0.15, 0.2) is 0 Å². The molecule has 0 saturated heterocycles. The Balaban J connectivity index is 1.87. The summed E-state index contributed by atoms with van der Waals surface area (Å²) >= 11 is 0. The second-order valence-corrected chi connectivity index (χ2v) is 7.29. The van der Waals surface area contributed by atoms with Gasteiger partial charge in [0.05, 0.1) is 11.3 Å². The van der Waals surface area contributed by atoms with E-state index in [4.69, 9.17) is 0 Å². The van der Waals surface area contributed by atoms with Crippen LogP contribution in [0.4, 0.5) is 21.5 Å². The summed E-state index contributed by atoms with van der Waals surface area (Å²) in [6, 6.07) is 11.7. The van der Waals surface area contributed by atoms with Crippen molar-refractivity contribution < 1.29 is 4.39 Å². The monoisotopic (exact) mass is 393 g/mol. The van der Waals surface area contributed by atoms with Crippen LogP contribution in [0.25, 0.3) is 5.70 Å². The van der Waals surface area contributed by atoms with E-state index in [1.54, 1.807) is 24.1 Å². The summed E-state index contributed by atoms with van der Waals surface area (Å²) in [6.07, 6.45) is 0. The van der Waals surface area contributed by atoms with Gasteiger partial charge in [0.25, 0.3) is 0 Å². The Bertz CT molecular complexity index is 1130. The predicted molar refractivity (Wildman–Crippen MR) is 117 cm³/mol. The molecule has 0 amide bonds. The first kappa shape index (κ1) is 20.3. The average Bonchev–Trinajstić information content (AvgIpc) is 2.71. The van der Waals surface area contributed by atoms with Crippen molar-refractivity contribution >= 4 is 22.8 Å². The van der Waals surface area contributed by atoms with Gasteiger partial charge in [0.2, 0.25) is 10.9 Å². The van der Waals surface area contributed by atoms with Crippen molar-refractivity contribution in [2.24, 2.45) is 0 Å². The fraction of sp³-hybridized carbons (Fsp3) is 0.217. The number of hydrogen-bond acceptors (Lipinski definition) is 5. The van der Waals surface area contributed by atoms with Crippen molar-refractivity contribution in [2.45, 2.75) is 13.5 Å². The number of halogens is 1. The van der Waals surface area contributed by atoms with E-state index < -0.39 is 10.9 Å². The number of benzene rings is 2. The highest BCUT2D eigenvalue weighted by Gasteiger charge is 2.23. The highest BCUT2D eigenvalue weighted by molar-refractivity contribution is 5.75. The number of nitrogens with zero attached hydrogens (tertiary/aromatic N) is 2. The average molecular weight is 393 g/mol. The van der Waals surface area contributed by atoms with Crippen molar-refractivity contribution in [3.8, 4) is 0 Å². The van der Waals surface area contributed by atoms with E-state index in [0.29, 0.717) is 11.3 Å². The molecule has 0 spiro atoms. The molecule has 0 atom stereocenters. The normalized spacial score (nSPS) is 10.8. The molecule has 29 heavy (non-hydrogen) atoms. The highest BCUT2D eigenvalue weighted by Crippen LogP contribution is 2.28. The van der Waals surface area contributed by atoms with Gasteiger partial charge in [-0.05, 0) is 42.8 Å². The molecule has 150 valence electrons. The molecular formula is C23H24FN3O2. The van der Waals surface area contributed by atoms with Crippen LogP contribution in [0.1, 0.15) is 16.7 Å². The molecule has 5 nitrogen and oxygen atoms in total. The second kappa shape index (κ2) is 7.91. The highest BCUT2D eigenvalue weighted by atomic mass is 19.1. The maximum atomic E-state index is 13.1. The van der Waals surface area contributed by atoms with Gasteiger partial charge >= 0.3 is 0 Å². The minimum Gasteiger partial charge on any atom is -0.378 e. The van der Waals surface area contributed by atoms with Crippen LogP contribution in [0.3, 0.4) is 0 Å². The van der Waals surface area contributed by atoms with Crippen LogP contribution in [-0.2, 0) is 6.54 Å². The zero-order chi connectivity index (χ0) is 21.3. The van der Waals surface area contributed by atoms with E-state index in [2.05, 4.69) is 11.9 Å². The Morgan fingerprint density at radius 2 is 1.69 bits per heavy atom. The number of hydrogen-bond donors (Lipinski definition) is 1. The van der Waals surface area contributed by atoms with Gasteiger partial charge in [-0.2, -0.15) is 0 Å². The summed E-state index contributed by atoms with van der Waals surface area (Å²) in [7, 11) is 5.63. The maximum Gasteiger partial charge on any atom is 0.249 e. The van der Waals surface area contributed by atoms with E-state index in [-0.39, 0.29) is 12.4 Å². The molecule has 0 bridgehead atoms. The van der Waals surface area contributed by atoms with Crippen LogP contribution >= 0.6 is 0 Å². The first-order valence-electron chi connectivity index (χ1n) is 9.22. The van der Waals surface area contributed by atoms with Crippen LogP contribution < -0.4 is 21.1 Å². The second-order valence-electron chi connectivity index (χ2n) is 7.29. The molecule has 3 rings (SSSR count). The van der Waals surface area contributed by atoms with Gasteiger partial charge in [0.1, 0.15) is 5.82 Å². The summed E-state index contributed by atoms with van der Waals surface area (Å²) < 4.78 is 13.1. The first-order chi connectivity index (χ1) is 13.7. The van der Waals surface area contributed by atoms with Crippen molar-refractivity contribution in [1.82, 2.24) is 4.90 Å². The molecule has 0 heterocycles. The van der Waals surface area contributed by atoms with E-state index in [9.17, 15) is 14.0 Å². The number of nitrogens with one attached hydrogen (secondary N) is 1. The van der Waals surface area contributed by atoms with Crippen LogP contribution in [0.5, 0.6) is 0 Å². The molecule has 0 fully saturated rings. The fourth-order valence-electron chi connectivity index (χ4n) is 3.21. The van der Waals surface area contributed by atoms with E-state index in [1.165, 1.54) is 12.1 Å². The molecule has 3 aromatic carbocycles. The van der Waals surface area contributed by atoms with Gasteiger partial charge in [0, 0.05) is 50.3 Å². The molecular weight excluding hydrogens is 369 g/mol. The summed E-state index contributed by atoms with van der Waals surface area (Å²) in [5, 5.41) is 3.14. The molecule has 0 unspecified atom stereocenters. The van der Waals surface area contributed by atoms with Crippen LogP contribution in [0.2, 0.25) is 0 Å². The SMILES string of the molecule is C=C(c1cccc(Nc2c(CN(C)c3ccc(F)cc3)c(=O)c2=O)c1C)N(C)C. The third-order valence-electron chi connectivity index (χ3n) is 5.12. The Hall–Kier alpha value is -3.41. The summed E-state index contributed by atoms with van der Waals surface area (Å²) in [4.78, 5) is 28.1.